The van der Waals surface area contributed by atoms with E-state index in [2.05, 4.69) is 25.7 Å². The first kappa shape index (κ1) is 14.3. The Morgan fingerprint density at radius 2 is 2.14 bits per heavy atom. The average molecular weight is 324 g/mol. The summed E-state index contributed by atoms with van der Waals surface area (Å²) in [5.74, 6) is 0.909. The van der Waals surface area contributed by atoms with Crippen molar-refractivity contribution in [3.8, 4) is 0 Å². The summed E-state index contributed by atoms with van der Waals surface area (Å²) in [6, 6.07) is 0. The lowest BCUT2D eigenvalue weighted by Gasteiger charge is -2.06. The van der Waals surface area contributed by atoms with Gasteiger partial charge < -0.3 is 11.1 Å². The van der Waals surface area contributed by atoms with E-state index >= 15 is 0 Å². The molecule has 2 heterocycles. The number of carbonyl (C=O) groups is 1. The zero-order chi connectivity index (χ0) is 14.8. The Kier molecular flexibility index (Phi) is 4.11. The molecule has 0 bridgehead atoms. The van der Waals surface area contributed by atoms with E-state index < -0.39 is 0 Å². The van der Waals surface area contributed by atoms with E-state index in [4.69, 9.17) is 5.73 Å². The number of aromatic nitrogens is 4. The minimum Gasteiger partial charge on any atom is -0.374 e. The third-order valence-corrected chi connectivity index (χ3v) is 5.34. The Bertz CT molecular complexity index is 639. The minimum absolute atomic E-state index is 0.115. The zero-order valence-corrected chi connectivity index (χ0v) is 13.2. The molecule has 1 aliphatic rings. The molecule has 0 saturated heterocycles. The van der Waals surface area contributed by atoms with Gasteiger partial charge in [0.05, 0.1) is 0 Å². The number of rotatable bonds is 4. The van der Waals surface area contributed by atoms with Gasteiger partial charge in [-0.2, -0.15) is 0 Å². The predicted octanol–water partition coefficient (Wildman–Crippen LogP) is 2.06. The molecule has 112 valence electrons. The summed E-state index contributed by atoms with van der Waals surface area (Å²) < 4.78 is 0. The summed E-state index contributed by atoms with van der Waals surface area (Å²) in [6.45, 7) is 1.47. The summed E-state index contributed by atoms with van der Waals surface area (Å²) in [5.41, 5.74) is 5.61. The number of nitrogens with two attached hydrogens (primary N) is 1. The van der Waals surface area contributed by atoms with Crippen LogP contribution in [-0.4, -0.2) is 26.3 Å². The summed E-state index contributed by atoms with van der Waals surface area (Å²) in [4.78, 5) is 11.0. The van der Waals surface area contributed by atoms with Crippen molar-refractivity contribution < 1.29 is 4.79 Å². The Morgan fingerprint density at radius 3 is 2.86 bits per heavy atom. The molecular formula is C12H16N6OS2. The van der Waals surface area contributed by atoms with Gasteiger partial charge in [-0.25, -0.2) is 0 Å². The molecule has 0 spiro atoms. The van der Waals surface area contributed by atoms with Crippen LogP contribution in [0.1, 0.15) is 42.1 Å². The third kappa shape index (κ3) is 3.53. The van der Waals surface area contributed by atoms with E-state index in [1.165, 1.54) is 29.6 Å². The molecule has 2 aromatic heterocycles. The SMILES string of the molecule is CC(=O)Nc1nnc([C@@H]2CC[C@H](Cc3nnc(N)s3)C2)s1. The quantitative estimate of drug-likeness (QED) is 0.891. The van der Waals surface area contributed by atoms with E-state index in [-0.39, 0.29) is 5.91 Å². The number of nitrogens with zero attached hydrogens (tertiary/aromatic N) is 4. The van der Waals surface area contributed by atoms with Crippen LogP contribution in [0.2, 0.25) is 0 Å². The number of anilines is 2. The molecule has 0 unspecified atom stereocenters. The van der Waals surface area contributed by atoms with Crippen LogP contribution in [0.3, 0.4) is 0 Å². The third-order valence-electron chi connectivity index (χ3n) is 3.56. The number of hydrogen-bond acceptors (Lipinski definition) is 8. The van der Waals surface area contributed by atoms with Crippen LogP contribution in [0, 0.1) is 5.92 Å². The molecule has 1 amide bonds. The van der Waals surface area contributed by atoms with Crippen molar-refractivity contribution in [2.24, 2.45) is 5.92 Å². The van der Waals surface area contributed by atoms with Crippen molar-refractivity contribution in [3.05, 3.63) is 10.0 Å². The first-order chi connectivity index (χ1) is 10.1. The lowest BCUT2D eigenvalue weighted by atomic mass is 10.0. The molecular weight excluding hydrogens is 308 g/mol. The smallest absolute Gasteiger partial charge is 0.223 e. The van der Waals surface area contributed by atoms with Crippen LogP contribution in [0.25, 0.3) is 0 Å². The fourth-order valence-electron chi connectivity index (χ4n) is 2.68. The molecule has 2 aromatic rings. The second-order valence-electron chi connectivity index (χ2n) is 5.24. The van der Waals surface area contributed by atoms with Gasteiger partial charge >= 0.3 is 0 Å². The number of hydrogen-bond donors (Lipinski definition) is 2. The lowest BCUT2D eigenvalue weighted by Crippen LogP contribution is -2.04. The maximum atomic E-state index is 11.0. The van der Waals surface area contributed by atoms with Gasteiger partial charge in [-0.15, -0.1) is 20.4 Å². The molecule has 3 N–H and O–H groups in total. The topological polar surface area (TPSA) is 107 Å². The summed E-state index contributed by atoms with van der Waals surface area (Å²) >= 11 is 2.94. The fourth-order valence-corrected chi connectivity index (χ4v) is 4.34. The minimum atomic E-state index is -0.115. The molecule has 0 radical (unpaired) electrons. The molecule has 0 aromatic carbocycles. The van der Waals surface area contributed by atoms with Crippen molar-refractivity contribution in [2.75, 3.05) is 11.1 Å². The van der Waals surface area contributed by atoms with Crippen molar-refractivity contribution in [3.63, 3.8) is 0 Å². The normalized spacial score (nSPS) is 21.6. The summed E-state index contributed by atoms with van der Waals surface area (Å²) in [5, 5.41) is 22.0. The Balaban J connectivity index is 1.58. The van der Waals surface area contributed by atoms with Gasteiger partial charge in [0.1, 0.15) is 10.0 Å². The van der Waals surface area contributed by atoms with Crippen LogP contribution < -0.4 is 11.1 Å². The predicted molar refractivity (Wildman–Crippen MR) is 82.3 cm³/mol. The highest BCUT2D eigenvalue weighted by Gasteiger charge is 2.29. The number of amides is 1. The van der Waals surface area contributed by atoms with Crippen LogP contribution in [0.5, 0.6) is 0 Å². The standard InChI is InChI=1S/C12H16N6OS2/c1-6(19)14-12-18-16-10(21-12)8-3-2-7(4-8)5-9-15-17-11(13)20-9/h7-8H,2-5H2,1H3,(H2,13,17)(H,14,18,19)/t7-,8+/m0/s1. The van der Waals surface area contributed by atoms with E-state index in [0.717, 1.165) is 35.7 Å². The van der Waals surface area contributed by atoms with Crippen LogP contribution in [-0.2, 0) is 11.2 Å². The summed E-state index contributed by atoms with van der Waals surface area (Å²) in [7, 11) is 0. The number of nitrogen functional groups attached to an aromatic ring is 1. The van der Waals surface area contributed by atoms with Gasteiger partial charge in [-0.1, -0.05) is 22.7 Å². The van der Waals surface area contributed by atoms with Crippen LogP contribution >= 0.6 is 22.7 Å². The van der Waals surface area contributed by atoms with Crippen LogP contribution in [0.15, 0.2) is 0 Å². The second-order valence-corrected chi connectivity index (χ2v) is 7.34. The molecule has 3 rings (SSSR count). The van der Waals surface area contributed by atoms with E-state index in [1.54, 1.807) is 0 Å². The average Bonchev–Trinajstić information content (AvgIpc) is 3.11. The first-order valence-corrected chi connectivity index (χ1v) is 8.42. The largest absolute Gasteiger partial charge is 0.374 e. The van der Waals surface area contributed by atoms with Gasteiger partial charge in [0, 0.05) is 19.3 Å². The fraction of sp³-hybridized carbons (Fsp3) is 0.583. The molecule has 1 aliphatic carbocycles. The molecule has 7 nitrogen and oxygen atoms in total. The highest BCUT2D eigenvalue weighted by atomic mass is 32.1. The van der Waals surface area contributed by atoms with Crippen molar-refractivity contribution in [1.29, 1.82) is 0 Å². The maximum Gasteiger partial charge on any atom is 0.223 e. The molecule has 1 saturated carbocycles. The highest BCUT2D eigenvalue weighted by molar-refractivity contribution is 7.15. The Hall–Kier alpha value is -1.61. The second kappa shape index (κ2) is 6.02. The van der Waals surface area contributed by atoms with E-state index in [1.807, 2.05) is 0 Å². The van der Waals surface area contributed by atoms with Gasteiger partial charge in [0.15, 0.2) is 0 Å². The molecule has 21 heavy (non-hydrogen) atoms. The number of nitrogens with one attached hydrogen (secondary N) is 1. The Morgan fingerprint density at radius 1 is 1.29 bits per heavy atom. The van der Waals surface area contributed by atoms with Gasteiger partial charge in [-0.05, 0) is 25.2 Å². The van der Waals surface area contributed by atoms with Crippen molar-refractivity contribution in [1.82, 2.24) is 20.4 Å². The molecule has 9 heteroatoms. The monoisotopic (exact) mass is 324 g/mol. The maximum absolute atomic E-state index is 11.0. The van der Waals surface area contributed by atoms with Crippen molar-refractivity contribution >= 4 is 38.8 Å². The number of carbonyl (C=O) groups excluding carboxylic acids is 1. The van der Waals surface area contributed by atoms with Gasteiger partial charge in [0.25, 0.3) is 0 Å². The van der Waals surface area contributed by atoms with Crippen LogP contribution in [0.4, 0.5) is 10.3 Å². The summed E-state index contributed by atoms with van der Waals surface area (Å²) in [6.07, 6.45) is 4.27. The van der Waals surface area contributed by atoms with E-state index in [0.29, 0.717) is 22.1 Å². The molecule has 1 fully saturated rings. The molecule has 2 atom stereocenters. The Labute approximate surface area is 130 Å². The van der Waals surface area contributed by atoms with Gasteiger partial charge in [-0.3, -0.25) is 4.79 Å². The van der Waals surface area contributed by atoms with E-state index in [9.17, 15) is 4.79 Å². The molecule has 0 aliphatic heterocycles. The van der Waals surface area contributed by atoms with Gasteiger partial charge in [0.2, 0.25) is 16.2 Å². The first-order valence-electron chi connectivity index (χ1n) is 6.79. The zero-order valence-electron chi connectivity index (χ0n) is 11.6. The van der Waals surface area contributed by atoms with Crippen molar-refractivity contribution in [2.45, 2.75) is 38.5 Å². The highest BCUT2D eigenvalue weighted by Crippen LogP contribution is 2.41. The lowest BCUT2D eigenvalue weighted by molar-refractivity contribution is -0.114.